The molecule has 9 rings (SSSR count). The minimum Gasteiger partial charge on any atom is -0.456 e. The summed E-state index contributed by atoms with van der Waals surface area (Å²) < 4.78 is 6.09. The molecule has 44 heavy (non-hydrogen) atoms. The summed E-state index contributed by atoms with van der Waals surface area (Å²) in [7, 11) is 0. The van der Waals surface area contributed by atoms with Gasteiger partial charge in [-0.3, -0.25) is 9.97 Å². The van der Waals surface area contributed by atoms with E-state index in [-0.39, 0.29) is 5.92 Å². The van der Waals surface area contributed by atoms with E-state index in [1.807, 2.05) is 30.5 Å². The average Bonchev–Trinajstić information content (AvgIpc) is 3.64. The van der Waals surface area contributed by atoms with Crippen molar-refractivity contribution < 1.29 is 4.42 Å². The molecule has 1 aliphatic carbocycles. The topological polar surface area (TPSA) is 38.9 Å². The molecule has 8 aromatic rings. The third kappa shape index (κ3) is 3.98. The van der Waals surface area contributed by atoms with Crippen LogP contribution in [0.4, 0.5) is 0 Å². The quantitative estimate of drug-likeness (QED) is 0.214. The van der Waals surface area contributed by atoms with Crippen LogP contribution < -0.4 is 0 Å². The first-order chi connectivity index (χ1) is 21.8. The second kappa shape index (κ2) is 9.89. The van der Waals surface area contributed by atoms with E-state index in [9.17, 15) is 0 Å². The lowest BCUT2D eigenvalue weighted by atomic mass is 9.91. The van der Waals surface area contributed by atoms with E-state index < -0.39 is 0 Å². The molecule has 3 nitrogen and oxygen atoms in total. The maximum atomic E-state index is 6.09. The van der Waals surface area contributed by atoms with E-state index in [4.69, 9.17) is 14.4 Å². The molecule has 3 heterocycles. The van der Waals surface area contributed by atoms with Gasteiger partial charge in [0.25, 0.3) is 0 Å². The van der Waals surface area contributed by atoms with Crippen LogP contribution in [0.5, 0.6) is 0 Å². The molecule has 3 aromatic heterocycles. The normalized spacial score (nSPS) is 13.7. The van der Waals surface area contributed by atoms with Gasteiger partial charge in [-0.15, -0.1) is 0 Å². The first-order valence-corrected chi connectivity index (χ1v) is 14.9. The van der Waals surface area contributed by atoms with Gasteiger partial charge in [0.1, 0.15) is 11.2 Å². The molecular formula is C41H26N2O. The Morgan fingerprint density at radius 2 is 1.20 bits per heavy atom. The molecular weight excluding hydrogens is 536 g/mol. The largest absolute Gasteiger partial charge is 0.456 e. The second-order valence-corrected chi connectivity index (χ2v) is 11.4. The minimum atomic E-state index is -0.0679. The Morgan fingerprint density at radius 3 is 2.07 bits per heavy atom. The highest BCUT2D eigenvalue weighted by Crippen LogP contribution is 2.48. The van der Waals surface area contributed by atoms with E-state index in [0.29, 0.717) is 0 Å². The maximum Gasteiger partial charge on any atom is 0.135 e. The van der Waals surface area contributed by atoms with Crippen LogP contribution in [0.1, 0.15) is 22.9 Å². The van der Waals surface area contributed by atoms with Gasteiger partial charge in [-0.05, 0) is 75.8 Å². The number of benzene rings is 5. The summed E-state index contributed by atoms with van der Waals surface area (Å²) in [6.07, 6.45) is 1.90. The highest BCUT2D eigenvalue weighted by Gasteiger charge is 2.33. The van der Waals surface area contributed by atoms with Gasteiger partial charge in [-0.25, -0.2) is 0 Å². The molecule has 0 aliphatic heterocycles. The monoisotopic (exact) mass is 562 g/mol. The molecule has 1 atom stereocenters. The summed E-state index contributed by atoms with van der Waals surface area (Å²) in [5.74, 6) is -0.0679. The van der Waals surface area contributed by atoms with Gasteiger partial charge in [-0.2, -0.15) is 0 Å². The second-order valence-electron chi connectivity index (χ2n) is 11.4. The van der Waals surface area contributed by atoms with Gasteiger partial charge in [0.05, 0.1) is 23.0 Å². The number of nitrogens with zero attached hydrogens (tertiary/aromatic N) is 2. The van der Waals surface area contributed by atoms with Crippen molar-refractivity contribution in [1.82, 2.24) is 9.97 Å². The molecule has 0 fully saturated rings. The van der Waals surface area contributed by atoms with E-state index in [1.54, 1.807) is 0 Å². The lowest BCUT2D eigenvalue weighted by Gasteiger charge is -2.16. The third-order valence-corrected chi connectivity index (χ3v) is 8.79. The SMILES string of the molecule is c1ccc(-c2cc(-c3ccccc3)nc(C3c4ccc(-c5ccc6oc7ccccc7c6c5)cc4-c4cccnc43)c2)cc1. The molecule has 0 amide bonds. The number of fused-ring (bicyclic) bond motifs is 6. The number of para-hydroxylation sites is 1. The molecule has 0 saturated heterocycles. The third-order valence-electron chi connectivity index (χ3n) is 8.79. The molecule has 1 unspecified atom stereocenters. The predicted octanol–water partition coefficient (Wildman–Crippen LogP) is 10.5. The van der Waals surface area contributed by atoms with Crippen LogP contribution in [0.3, 0.4) is 0 Å². The summed E-state index contributed by atoms with van der Waals surface area (Å²) in [6, 6.07) is 51.2. The molecule has 0 spiro atoms. The zero-order valence-electron chi connectivity index (χ0n) is 23.8. The summed E-state index contributed by atoms with van der Waals surface area (Å²) in [4.78, 5) is 10.3. The molecule has 0 radical (unpaired) electrons. The van der Waals surface area contributed by atoms with Gasteiger partial charge in [0.2, 0.25) is 0 Å². The van der Waals surface area contributed by atoms with E-state index in [2.05, 4.69) is 121 Å². The van der Waals surface area contributed by atoms with Crippen LogP contribution in [-0.4, -0.2) is 9.97 Å². The van der Waals surface area contributed by atoms with Crippen LogP contribution in [0.2, 0.25) is 0 Å². The molecule has 0 saturated carbocycles. The summed E-state index contributed by atoms with van der Waals surface area (Å²) in [5.41, 5.74) is 14.2. The molecule has 0 N–H and O–H groups in total. The predicted molar refractivity (Wildman–Crippen MR) is 178 cm³/mol. The Morgan fingerprint density at radius 1 is 0.477 bits per heavy atom. The van der Waals surface area contributed by atoms with Gasteiger partial charge in [0, 0.05) is 28.1 Å². The Bertz CT molecular complexity index is 2280. The van der Waals surface area contributed by atoms with Crippen LogP contribution in [-0.2, 0) is 0 Å². The number of hydrogen-bond donors (Lipinski definition) is 0. The lowest BCUT2D eigenvalue weighted by Crippen LogP contribution is -2.05. The van der Waals surface area contributed by atoms with E-state index in [1.165, 1.54) is 22.3 Å². The summed E-state index contributed by atoms with van der Waals surface area (Å²) >= 11 is 0. The number of pyridine rings is 2. The van der Waals surface area contributed by atoms with Crippen molar-refractivity contribution in [3.8, 4) is 44.6 Å². The van der Waals surface area contributed by atoms with Crippen molar-refractivity contribution in [1.29, 1.82) is 0 Å². The van der Waals surface area contributed by atoms with E-state index >= 15 is 0 Å². The number of rotatable bonds is 4. The van der Waals surface area contributed by atoms with Crippen LogP contribution in [0.15, 0.2) is 156 Å². The van der Waals surface area contributed by atoms with Gasteiger partial charge in [0.15, 0.2) is 0 Å². The van der Waals surface area contributed by atoms with Crippen LogP contribution >= 0.6 is 0 Å². The smallest absolute Gasteiger partial charge is 0.135 e. The zero-order chi connectivity index (χ0) is 29.0. The molecule has 1 aliphatic rings. The summed E-state index contributed by atoms with van der Waals surface area (Å²) in [5, 5.41) is 2.27. The molecule has 206 valence electrons. The Hall–Kier alpha value is -5.80. The fraction of sp³-hybridized carbons (Fsp3) is 0.0244. The molecule has 0 bridgehead atoms. The van der Waals surface area contributed by atoms with Crippen molar-refractivity contribution in [2.45, 2.75) is 5.92 Å². The fourth-order valence-electron chi connectivity index (χ4n) is 6.70. The van der Waals surface area contributed by atoms with Gasteiger partial charge < -0.3 is 4.42 Å². The zero-order valence-corrected chi connectivity index (χ0v) is 23.8. The highest BCUT2D eigenvalue weighted by molar-refractivity contribution is 6.06. The van der Waals surface area contributed by atoms with Crippen molar-refractivity contribution in [2.75, 3.05) is 0 Å². The lowest BCUT2D eigenvalue weighted by molar-refractivity contribution is 0.669. The number of hydrogen-bond acceptors (Lipinski definition) is 3. The van der Waals surface area contributed by atoms with Gasteiger partial charge >= 0.3 is 0 Å². The van der Waals surface area contributed by atoms with Crippen LogP contribution in [0, 0.1) is 0 Å². The maximum absolute atomic E-state index is 6.09. The van der Waals surface area contributed by atoms with Crippen molar-refractivity contribution in [3.05, 3.63) is 169 Å². The highest BCUT2D eigenvalue weighted by atomic mass is 16.3. The molecule has 3 heteroatoms. The minimum absolute atomic E-state index is 0.0679. The number of furan rings is 1. The Balaban J connectivity index is 1.21. The van der Waals surface area contributed by atoms with Crippen molar-refractivity contribution >= 4 is 21.9 Å². The standard InChI is InChI=1S/C41H26N2O/c1-3-10-26(11-4-1)30-24-36(27-12-5-2-6-13-27)43-37(25-30)40-32-19-17-28(22-34(32)33-15-9-21-42-41(33)40)29-18-20-39-35(23-29)31-14-7-8-16-38(31)44-39/h1-25,40H. The van der Waals surface area contributed by atoms with E-state index in [0.717, 1.165) is 61.3 Å². The van der Waals surface area contributed by atoms with Crippen molar-refractivity contribution in [3.63, 3.8) is 0 Å². The van der Waals surface area contributed by atoms with Crippen molar-refractivity contribution in [2.24, 2.45) is 0 Å². The average molecular weight is 563 g/mol. The first-order valence-electron chi connectivity index (χ1n) is 14.9. The Labute approximate surface area is 255 Å². The van der Waals surface area contributed by atoms with Gasteiger partial charge in [-0.1, -0.05) is 103 Å². The fourth-order valence-corrected chi connectivity index (χ4v) is 6.70. The molecule has 5 aromatic carbocycles. The summed E-state index contributed by atoms with van der Waals surface area (Å²) in [6.45, 7) is 0. The first kappa shape index (κ1) is 24.8. The number of aromatic nitrogens is 2. The van der Waals surface area contributed by atoms with Crippen LogP contribution in [0.25, 0.3) is 66.6 Å². The Kier molecular flexibility index (Phi) is 5.57.